The van der Waals surface area contributed by atoms with Crippen LogP contribution >= 0.6 is 0 Å². The number of carbonyl (C=O) groups is 1. The molecule has 24 heavy (non-hydrogen) atoms. The van der Waals surface area contributed by atoms with Crippen LogP contribution in [0.25, 0.3) is 0 Å². The average Bonchev–Trinajstić information content (AvgIpc) is 2.62. The fourth-order valence-electron chi connectivity index (χ4n) is 2.22. The second-order valence-electron chi connectivity index (χ2n) is 5.33. The maximum atomic E-state index is 11.6. The van der Waals surface area contributed by atoms with Crippen molar-refractivity contribution >= 4 is 11.8 Å². The van der Waals surface area contributed by atoms with Crippen LogP contribution in [-0.4, -0.2) is 24.2 Å². The largest absolute Gasteiger partial charge is 0.462 e. The lowest BCUT2D eigenvalue weighted by Gasteiger charge is -2.11. The number of hydrogen-bond acceptors (Lipinski definition) is 5. The average molecular weight is 328 g/mol. The number of hydrogen-bond donors (Lipinski definition) is 1. The number of nitrogens with zero attached hydrogens (tertiary/aromatic N) is 1. The topological polar surface area (TPSA) is 60.5 Å². The highest BCUT2D eigenvalue weighted by molar-refractivity contribution is 5.89. The molecule has 1 heterocycles. The molecular weight excluding hydrogens is 304 g/mol. The standard InChI is InChI=1S/C19H24N2O3/c1-3-11-23-14-17-8-6-5-7-15(17)12-20-18-10-9-16(13-21-18)19(22)24-4-2/h5-10,13H,3-4,11-12,14H2,1-2H3,(H,20,21). The molecule has 0 aliphatic heterocycles. The minimum atomic E-state index is -0.352. The van der Waals surface area contributed by atoms with Crippen molar-refractivity contribution < 1.29 is 14.3 Å². The van der Waals surface area contributed by atoms with Crippen LogP contribution in [0.15, 0.2) is 42.6 Å². The Balaban J connectivity index is 1.94. The predicted molar refractivity (Wildman–Crippen MR) is 93.9 cm³/mol. The van der Waals surface area contributed by atoms with Gasteiger partial charge in [0.2, 0.25) is 0 Å². The van der Waals surface area contributed by atoms with Crippen LogP contribution in [0.4, 0.5) is 5.82 Å². The summed E-state index contributed by atoms with van der Waals surface area (Å²) in [4.78, 5) is 15.9. The van der Waals surface area contributed by atoms with Crippen LogP contribution in [-0.2, 0) is 22.6 Å². The summed E-state index contributed by atoms with van der Waals surface area (Å²) in [7, 11) is 0. The summed E-state index contributed by atoms with van der Waals surface area (Å²) in [5.41, 5.74) is 2.79. The summed E-state index contributed by atoms with van der Waals surface area (Å²) in [5.74, 6) is 0.363. The Labute approximate surface area is 143 Å². The SMILES string of the molecule is CCCOCc1ccccc1CNc1ccc(C(=O)OCC)cn1. The summed E-state index contributed by atoms with van der Waals surface area (Å²) < 4.78 is 10.6. The molecule has 0 aliphatic rings. The number of pyridine rings is 1. The van der Waals surface area contributed by atoms with Gasteiger partial charge in [-0.05, 0) is 36.6 Å². The van der Waals surface area contributed by atoms with Gasteiger partial charge >= 0.3 is 5.97 Å². The van der Waals surface area contributed by atoms with Crippen LogP contribution in [0.1, 0.15) is 41.8 Å². The zero-order valence-electron chi connectivity index (χ0n) is 14.2. The fraction of sp³-hybridized carbons (Fsp3) is 0.368. The molecule has 2 aromatic rings. The molecule has 1 aromatic heterocycles. The highest BCUT2D eigenvalue weighted by atomic mass is 16.5. The fourth-order valence-corrected chi connectivity index (χ4v) is 2.22. The van der Waals surface area contributed by atoms with Gasteiger partial charge in [0, 0.05) is 19.3 Å². The minimum absolute atomic E-state index is 0.352. The number of rotatable bonds is 9. The van der Waals surface area contributed by atoms with E-state index < -0.39 is 0 Å². The van der Waals surface area contributed by atoms with Crippen LogP contribution in [0.5, 0.6) is 0 Å². The van der Waals surface area contributed by atoms with Gasteiger partial charge in [-0.1, -0.05) is 31.2 Å². The van der Waals surface area contributed by atoms with Gasteiger partial charge in [-0.25, -0.2) is 9.78 Å². The van der Waals surface area contributed by atoms with Crippen LogP contribution < -0.4 is 5.32 Å². The molecule has 0 unspecified atom stereocenters. The van der Waals surface area contributed by atoms with E-state index in [1.165, 1.54) is 17.3 Å². The maximum absolute atomic E-state index is 11.6. The van der Waals surface area contributed by atoms with Crippen molar-refractivity contribution in [1.29, 1.82) is 0 Å². The second-order valence-corrected chi connectivity index (χ2v) is 5.33. The predicted octanol–water partition coefficient (Wildman–Crippen LogP) is 3.80. The Morgan fingerprint density at radius 1 is 1.12 bits per heavy atom. The minimum Gasteiger partial charge on any atom is -0.462 e. The number of nitrogens with one attached hydrogen (secondary N) is 1. The van der Waals surface area contributed by atoms with E-state index in [2.05, 4.69) is 29.4 Å². The van der Waals surface area contributed by atoms with Gasteiger partial charge in [0.05, 0.1) is 18.8 Å². The molecule has 0 bridgehead atoms. The molecule has 0 fully saturated rings. The van der Waals surface area contributed by atoms with E-state index in [9.17, 15) is 4.79 Å². The van der Waals surface area contributed by atoms with Crippen molar-refractivity contribution in [1.82, 2.24) is 4.98 Å². The number of anilines is 1. The molecule has 0 atom stereocenters. The number of aromatic nitrogens is 1. The first-order chi connectivity index (χ1) is 11.7. The van der Waals surface area contributed by atoms with Crippen LogP contribution in [0, 0.1) is 0 Å². The lowest BCUT2D eigenvalue weighted by Crippen LogP contribution is -2.08. The van der Waals surface area contributed by atoms with Crippen LogP contribution in [0.3, 0.4) is 0 Å². The van der Waals surface area contributed by atoms with E-state index in [1.54, 1.807) is 19.1 Å². The highest BCUT2D eigenvalue weighted by Gasteiger charge is 2.07. The summed E-state index contributed by atoms with van der Waals surface area (Å²) in [6, 6.07) is 11.7. The maximum Gasteiger partial charge on any atom is 0.339 e. The Hall–Kier alpha value is -2.40. The highest BCUT2D eigenvalue weighted by Crippen LogP contribution is 2.13. The first kappa shape index (κ1) is 17.9. The third kappa shape index (κ3) is 5.35. The zero-order valence-corrected chi connectivity index (χ0v) is 14.2. The number of esters is 1. The quantitative estimate of drug-likeness (QED) is 0.560. The van der Waals surface area contributed by atoms with Gasteiger partial charge in [0.1, 0.15) is 5.82 Å². The smallest absolute Gasteiger partial charge is 0.339 e. The molecule has 5 heteroatoms. The molecule has 2 rings (SSSR count). The summed E-state index contributed by atoms with van der Waals surface area (Å²) in [6.45, 7) is 6.26. The Morgan fingerprint density at radius 3 is 2.58 bits per heavy atom. The molecule has 0 spiro atoms. The van der Waals surface area contributed by atoms with E-state index in [0.717, 1.165) is 13.0 Å². The lowest BCUT2D eigenvalue weighted by atomic mass is 10.1. The molecule has 0 saturated carbocycles. The Morgan fingerprint density at radius 2 is 1.92 bits per heavy atom. The molecule has 0 amide bonds. The molecule has 1 N–H and O–H groups in total. The molecule has 0 saturated heterocycles. The van der Waals surface area contributed by atoms with E-state index in [-0.39, 0.29) is 5.97 Å². The van der Waals surface area contributed by atoms with Crippen molar-refractivity contribution in [2.24, 2.45) is 0 Å². The third-order valence-electron chi connectivity index (χ3n) is 3.46. The monoisotopic (exact) mass is 328 g/mol. The lowest BCUT2D eigenvalue weighted by molar-refractivity contribution is 0.0526. The van der Waals surface area contributed by atoms with Crippen molar-refractivity contribution in [3.8, 4) is 0 Å². The van der Waals surface area contributed by atoms with E-state index in [4.69, 9.17) is 9.47 Å². The summed E-state index contributed by atoms with van der Waals surface area (Å²) in [6.07, 6.45) is 2.54. The zero-order chi connectivity index (χ0) is 17.2. The third-order valence-corrected chi connectivity index (χ3v) is 3.46. The van der Waals surface area contributed by atoms with E-state index in [1.807, 2.05) is 12.1 Å². The normalized spacial score (nSPS) is 10.4. The number of ether oxygens (including phenoxy) is 2. The molecule has 128 valence electrons. The molecule has 1 aromatic carbocycles. The van der Waals surface area contributed by atoms with Crippen molar-refractivity contribution in [3.63, 3.8) is 0 Å². The first-order valence-corrected chi connectivity index (χ1v) is 8.26. The molecule has 5 nitrogen and oxygen atoms in total. The molecule has 0 aliphatic carbocycles. The van der Waals surface area contributed by atoms with Gasteiger partial charge in [-0.15, -0.1) is 0 Å². The van der Waals surface area contributed by atoms with Crippen LogP contribution in [0.2, 0.25) is 0 Å². The molecular formula is C19H24N2O3. The Kier molecular flexibility index (Phi) is 7.23. The summed E-state index contributed by atoms with van der Waals surface area (Å²) in [5, 5.41) is 3.27. The second kappa shape index (κ2) is 9.67. The number of carbonyl (C=O) groups excluding carboxylic acids is 1. The first-order valence-electron chi connectivity index (χ1n) is 8.26. The molecule has 0 radical (unpaired) electrons. The van der Waals surface area contributed by atoms with Crippen molar-refractivity contribution in [2.45, 2.75) is 33.4 Å². The van der Waals surface area contributed by atoms with E-state index in [0.29, 0.717) is 31.1 Å². The van der Waals surface area contributed by atoms with Gasteiger partial charge < -0.3 is 14.8 Å². The van der Waals surface area contributed by atoms with Gasteiger partial charge in [-0.3, -0.25) is 0 Å². The Bertz CT molecular complexity index is 641. The van der Waals surface area contributed by atoms with Gasteiger partial charge in [0.15, 0.2) is 0 Å². The van der Waals surface area contributed by atoms with Crippen molar-refractivity contribution in [2.75, 3.05) is 18.5 Å². The van der Waals surface area contributed by atoms with E-state index >= 15 is 0 Å². The van der Waals surface area contributed by atoms with Crippen molar-refractivity contribution in [3.05, 3.63) is 59.3 Å². The summed E-state index contributed by atoms with van der Waals surface area (Å²) >= 11 is 0. The van der Waals surface area contributed by atoms with Gasteiger partial charge in [0.25, 0.3) is 0 Å². The number of benzene rings is 1. The van der Waals surface area contributed by atoms with Gasteiger partial charge in [-0.2, -0.15) is 0 Å².